The Labute approximate surface area is 124 Å². The summed E-state index contributed by atoms with van der Waals surface area (Å²) >= 11 is 0. The molecule has 0 aromatic heterocycles. The summed E-state index contributed by atoms with van der Waals surface area (Å²) in [6.45, 7) is 2.83. The van der Waals surface area contributed by atoms with Gasteiger partial charge in [-0.2, -0.15) is 0 Å². The Morgan fingerprint density at radius 3 is 2.19 bits per heavy atom. The van der Waals surface area contributed by atoms with Crippen LogP contribution in [0.1, 0.15) is 24.5 Å². The van der Waals surface area contributed by atoms with Gasteiger partial charge in [0.15, 0.2) is 0 Å². The van der Waals surface area contributed by atoms with Crippen molar-refractivity contribution in [2.75, 3.05) is 0 Å². The fourth-order valence-corrected chi connectivity index (χ4v) is 3.56. The first-order valence-corrected chi connectivity index (χ1v) is 7.71. The van der Waals surface area contributed by atoms with Crippen LogP contribution >= 0.6 is 0 Å². The van der Waals surface area contributed by atoms with Crippen LogP contribution in [-0.4, -0.2) is 0 Å². The van der Waals surface area contributed by atoms with Crippen molar-refractivity contribution in [3.63, 3.8) is 0 Å². The van der Waals surface area contributed by atoms with E-state index in [9.17, 15) is 0 Å². The van der Waals surface area contributed by atoms with E-state index < -0.39 is 0 Å². The topological polar surface area (TPSA) is 26.0 Å². The van der Waals surface area contributed by atoms with E-state index in [2.05, 4.69) is 55.5 Å². The molecule has 0 spiro atoms. The lowest BCUT2D eigenvalue weighted by molar-refractivity contribution is 0.925. The largest absolute Gasteiger partial charge is 0.326 e. The fourth-order valence-electron chi connectivity index (χ4n) is 3.56. The van der Waals surface area contributed by atoms with Crippen molar-refractivity contribution in [2.45, 2.75) is 26.3 Å². The van der Waals surface area contributed by atoms with Gasteiger partial charge in [-0.15, -0.1) is 0 Å². The lowest BCUT2D eigenvalue weighted by Crippen LogP contribution is -1.98. The number of hydrogen-bond acceptors (Lipinski definition) is 1. The lowest BCUT2D eigenvalue weighted by Gasteiger charge is -2.14. The van der Waals surface area contributed by atoms with Crippen molar-refractivity contribution in [1.29, 1.82) is 0 Å². The molecule has 104 valence electrons. The van der Waals surface area contributed by atoms with Crippen molar-refractivity contribution >= 4 is 32.3 Å². The zero-order valence-corrected chi connectivity index (χ0v) is 12.3. The van der Waals surface area contributed by atoms with E-state index >= 15 is 0 Å². The number of nitrogens with two attached hydrogens (primary N) is 1. The summed E-state index contributed by atoms with van der Waals surface area (Å²) in [6.07, 6.45) is 2.33. The smallest absolute Gasteiger partial charge is 0.0184 e. The first-order valence-electron chi connectivity index (χ1n) is 7.71. The molecule has 0 bridgehead atoms. The molecule has 0 aliphatic rings. The molecule has 4 aromatic carbocycles. The third-order valence-corrected chi connectivity index (χ3v) is 4.51. The zero-order valence-electron chi connectivity index (χ0n) is 12.3. The first kappa shape index (κ1) is 12.6. The fraction of sp³-hybridized carbons (Fsp3) is 0.200. The predicted molar refractivity (Wildman–Crippen MR) is 92.0 cm³/mol. The molecule has 0 aliphatic heterocycles. The predicted octanol–water partition coefficient (Wildman–Crippen LogP) is 5.00. The van der Waals surface area contributed by atoms with E-state index in [4.69, 9.17) is 5.73 Å². The van der Waals surface area contributed by atoms with Crippen LogP contribution in [-0.2, 0) is 13.0 Å². The second-order valence-corrected chi connectivity index (χ2v) is 5.87. The van der Waals surface area contributed by atoms with Gasteiger partial charge in [0.25, 0.3) is 0 Å². The summed E-state index contributed by atoms with van der Waals surface area (Å²) in [6, 6.07) is 18.0. The second kappa shape index (κ2) is 4.71. The van der Waals surface area contributed by atoms with E-state index in [1.54, 1.807) is 0 Å². The molecule has 4 rings (SSSR count). The molecular formula is C20H19N. The van der Waals surface area contributed by atoms with Crippen molar-refractivity contribution in [3.05, 3.63) is 59.7 Å². The van der Waals surface area contributed by atoms with Crippen LogP contribution in [0.4, 0.5) is 0 Å². The van der Waals surface area contributed by atoms with Crippen molar-refractivity contribution in [2.24, 2.45) is 5.73 Å². The zero-order chi connectivity index (χ0) is 14.4. The molecule has 0 aliphatic carbocycles. The van der Waals surface area contributed by atoms with Gasteiger partial charge in [0.2, 0.25) is 0 Å². The highest BCUT2D eigenvalue weighted by molar-refractivity contribution is 6.23. The van der Waals surface area contributed by atoms with E-state index in [1.807, 2.05) is 0 Å². The Morgan fingerprint density at radius 2 is 1.48 bits per heavy atom. The summed E-state index contributed by atoms with van der Waals surface area (Å²) in [5, 5.41) is 8.07. The molecule has 0 unspecified atom stereocenters. The summed E-state index contributed by atoms with van der Waals surface area (Å²) in [4.78, 5) is 0. The Bertz CT molecular complexity index is 918. The van der Waals surface area contributed by atoms with Crippen LogP contribution in [0.2, 0.25) is 0 Å². The summed E-state index contributed by atoms with van der Waals surface area (Å²) in [5.41, 5.74) is 8.58. The molecule has 0 heterocycles. The number of benzene rings is 4. The normalized spacial score (nSPS) is 11.9. The maximum Gasteiger partial charge on any atom is 0.0184 e. The van der Waals surface area contributed by atoms with Gasteiger partial charge >= 0.3 is 0 Å². The van der Waals surface area contributed by atoms with Crippen LogP contribution in [0.25, 0.3) is 32.3 Å². The molecule has 4 aromatic rings. The van der Waals surface area contributed by atoms with Gasteiger partial charge in [-0.3, -0.25) is 0 Å². The molecule has 0 atom stereocenters. The number of hydrogen-bond donors (Lipinski definition) is 1. The molecule has 0 saturated carbocycles. The third kappa shape index (κ3) is 1.81. The molecule has 2 N–H and O–H groups in total. The van der Waals surface area contributed by atoms with Crippen molar-refractivity contribution < 1.29 is 0 Å². The molecule has 0 amide bonds. The Hall–Kier alpha value is -2.12. The van der Waals surface area contributed by atoms with Gasteiger partial charge in [-0.1, -0.05) is 61.9 Å². The van der Waals surface area contributed by atoms with Gasteiger partial charge in [0.05, 0.1) is 0 Å². The van der Waals surface area contributed by atoms with Gasteiger partial charge in [0.1, 0.15) is 0 Å². The Balaban J connectivity index is 2.19. The van der Waals surface area contributed by atoms with Gasteiger partial charge in [-0.05, 0) is 49.9 Å². The van der Waals surface area contributed by atoms with Crippen LogP contribution in [0.5, 0.6) is 0 Å². The van der Waals surface area contributed by atoms with E-state index in [-0.39, 0.29) is 0 Å². The van der Waals surface area contributed by atoms with Gasteiger partial charge < -0.3 is 5.73 Å². The van der Waals surface area contributed by atoms with Gasteiger partial charge in [0, 0.05) is 6.54 Å². The van der Waals surface area contributed by atoms with Crippen molar-refractivity contribution in [1.82, 2.24) is 0 Å². The highest BCUT2D eigenvalue weighted by Gasteiger charge is 2.11. The molecule has 1 nitrogen and oxygen atoms in total. The monoisotopic (exact) mass is 273 g/mol. The second-order valence-electron chi connectivity index (χ2n) is 5.87. The summed E-state index contributed by atoms with van der Waals surface area (Å²) in [7, 11) is 0. The molecule has 21 heavy (non-hydrogen) atoms. The molecule has 0 saturated heterocycles. The minimum absolute atomic E-state index is 0.593. The third-order valence-electron chi connectivity index (χ3n) is 4.51. The number of aryl methyl sites for hydroxylation is 1. The lowest BCUT2D eigenvalue weighted by atomic mass is 9.90. The highest BCUT2D eigenvalue weighted by Crippen LogP contribution is 2.36. The minimum atomic E-state index is 0.593. The summed E-state index contributed by atoms with van der Waals surface area (Å²) in [5.74, 6) is 0. The highest BCUT2D eigenvalue weighted by atomic mass is 14.5. The SMILES string of the molecule is CCCc1cc2ccc3ccc(CN)c4ccc(c1)c2c34. The van der Waals surface area contributed by atoms with E-state index in [0.29, 0.717) is 6.54 Å². The molecular weight excluding hydrogens is 254 g/mol. The maximum atomic E-state index is 5.91. The van der Waals surface area contributed by atoms with E-state index in [1.165, 1.54) is 49.9 Å². The molecule has 0 radical (unpaired) electrons. The van der Waals surface area contributed by atoms with Crippen LogP contribution in [0, 0.1) is 0 Å². The molecule has 1 heteroatoms. The van der Waals surface area contributed by atoms with Gasteiger partial charge in [-0.25, -0.2) is 0 Å². The van der Waals surface area contributed by atoms with Crippen LogP contribution in [0.15, 0.2) is 48.5 Å². The average Bonchev–Trinajstić information content (AvgIpc) is 2.52. The standard InChI is InChI=1S/C20H19N/c1-2-3-13-10-15-6-4-14-5-7-17(12-21)18-9-8-16(11-13)19(15)20(14)18/h4-11H,2-3,12,21H2,1H3. The van der Waals surface area contributed by atoms with Crippen LogP contribution in [0.3, 0.4) is 0 Å². The quantitative estimate of drug-likeness (QED) is 0.522. The summed E-state index contributed by atoms with van der Waals surface area (Å²) < 4.78 is 0. The Kier molecular flexibility index (Phi) is 2.83. The first-order chi connectivity index (χ1) is 10.3. The van der Waals surface area contributed by atoms with E-state index in [0.717, 1.165) is 6.42 Å². The maximum absolute atomic E-state index is 5.91. The Morgan fingerprint density at radius 1 is 0.810 bits per heavy atom. The van der Waals surface area contributed by atoms with Crippen molar-refractivity contribution in [3.8, 4) is 0 Å². The minimum Gasteiger partial charge on any atom is -0.326 e. The van der Waals surface area contributed by atoms with Crippen LogP contribution < -0.4 is 5.73 Å². The number of rotatable bonds is 3. The average molecular weight is 273 g/mol. The molecule has 0 fully saturated rings.